The highest BCUT2D eigenvalue weighted by molar-refractivity contribution is 6.46. The normalized spacial score (nSPS) is 18.1. The lowest BCUT2D eigenvalue weighted by Crippen LogP contribution is -2.38. The second-order valence-electron chi connectivity index (χ2n) is 7.61. The SMILES string of the molecule is CCN(CC)CCN1C(=O)C(=O)C(=C(O)c2ccc(OC)c(C)c2)C1c1ccccc1. The Morgan fingerprint density at radius 1 is 1.10 bits per heavy atom. The van der Waals surface area contributed by atoms with Gasteiger partial charge in [-0.2, -0.15) is 0 Å². The van der Waals surface area contributed by atoms with Gasteiger partial charge in [-0.25, -0.2) is 0 Å². The molecule has 1 aliphatic heterocycles. The lowest BCUT2D eigenvalue weighted by Gasteiger charge is -2.28. The molecule has 2 aromatic rings. The van der Waals surface area contributed by atoms with Crippen molar-refractivity contribution in [1.82, 2.24) is 9.80 Å². The lowest BCUT2D eigenvalue weighted by atomic mass is 9.95. The molecule has 1 amide bonds. The second-order valence-corrected chi connectivity index (χ2v) is 7.61. The quantitative estimate of drug-likeness (QED) is 0.398. The standard InChI is InChI=1S/C25H30N2O4/c1-5-26(6-2)14-15-27-22(18-10-8-7-9-11-18)21(24(29)25(27)30)23(28)19-12-13-20(31-4)17(3)16-19/h7-13,16,22,28H,5-6,14-15H2,1-4H3. The van der Waals surface area contributed by atoms with E-state index in [-0.39, 0.29) is 11.3 Å². The van der Waals surface area contributed by atoms with E-state index in [1.165, 1.54) is 0 Å². The van der Waals surface area contributed by atoms with Crippen molar-refractivity contribution >= 4 is 17.4 Å². The van der Waals surface area contributed by atoms with Gasteiger partial charge in [0.1, 0.15) is 11.5 Å². The number of hydrogen-bond donors (Lipinski definition) is 1. The van der Waals surface area contributed by atoms with Gasteiger partial charge in [0.2, 0.25) is 0 Å². The van der Waals surface area contributed by atoms with Crippen LogP contribution in [0.15, 0.2) is 54.1 Å². The zero-order valence-electron chi connectivity index (χ0n) is 18.6. The number of aliphatic hydroxyl groups excluding tert-OH is 1. The van der Waals surface area contributed by atoms with Gasteiger partial charge < -0.3 is 19.6 Å². The number of likely N-dealkylation sites (N-methyl/N-ethyl adjacent to an activating group) is 1. The van der Waals surface area contributed by atoms with Crippen LogP contribution in [-0.2, 0) is 9.59 Å². The Morgan fingerprint density at radius 2 is 1.77 bits per heavy atom. The highest BCUT2D eigenvalue weighted by Crippen LogP contribution is 2.39. The summed E-state index contributed by atoms with van der Waals surface area (Å²) >= 11 is 0. The van der Waals surface area contributed by atoms with Gasteiger partial charge >= 0.3 is 0 Å². The fraction of sp³-hybridized carbons (Fsp3) is 0.360. The monoisotopic (exact) mass is 422 g/mol. The molecule has 2 aromatic carbocycles. The molecular weight excluding hydrogens is 392 g/mol. The van der Waals surface area contributed by atoms with Gasteiger partial charge in [-0.1, -0.05) is 44.2 Å². The number of ketones is 1. The Bertz CT molecular complexity index is 980. The van der Waals surface area contributed by atoms with Crippen molar-refractivity contribution in [2.75, 3.05) is 33.3 Å². The van der Waals surface area contributed by atoms with Gasteiger partial charge in [0.05, 0.1) is 18.7 Å². The van der Waals surface area contributed by atoms with Crippen molar-refractivity contribution in [3.05, 3.63) is 70.8 Å². The number of hydrogen-bond acceptors (Lipinski definition) is 5. The Balaban J connectivity index is 2.08. The molecule has 1 heterocycles. The van der Waals surface area contributed by atoms with Crippen molar-refractivity contribution in [2.24, 2.45) is 0 Å². The molecule has 1 saturated heterocycles. The second kappa shape index (κ2) is 9.79. The number of nitrogens with zero attached hydrogens (tertiary/aromatic N) is 2. The molecule has 1 atom stereocenters. The number of aryl methyl sites for hydroxylation is 1. The first-order valence-corrected chi connectivity index (χ1v) is 10.6. The maximum atomic E-state index is 13.1. The molecule has 0 aliphatic carbocycles. The summed E-state index contributed by atoms with van der Waals surface area (Å²) in [6.45, 7) is 8.79. The zero-order valence-corrected chi connectivity index (χ0v) is 18.6. The molecule has 0 aromatic heterocycles. The minimum Gasteiger partial charge on any atom is -0.507 e. The van der Waals surface area contributed by atoms with E-state index in [4.69, 9.17) is 4.74 Å². The van der Waals surface area contributed by atoms with E-state index in [0.717, 1.165) is 24.2 Å². The minimum absolute atomic E-state index is 0.125. The van der Waals surface area contributed by atoms with Crippen LogP contribution in [-0.4, -0.2) is 59.9 Å². The molecule has 0 spiro atoms. The van der Waals surface area contributed by atoms with E-state index in [1.807, 2.05) is 37.3 Å². The van der Waals surface area contributed by atoms with Crippen molar-refractivity contribution in [3.63, 3.8) is 0 Å². The topological polar surface area (TPSA) is 70.1 Å². The first kappa shape index (κ1) is 22.6. The molecule has 0 saturated carbocycles. The summed E-state index contributed by atoms with van der Waals surface area (Å²) in [5.74, 6) is -0.703. The van der Waals surface area contributed by atoms with E-state index >= 15 is 0 Å². The molecule has 1 unspecified atom stereocenters. The van der Waals surface area contributed by atoms with Crippen molar-refractivity contribution < 1.29 is 19.4 Å². The van der Waals surface area contributed by atoms with E-state index < -0.39 is 17.7 Å². The number of likely N-dealkylation sites (tertiary alicyclic amines) is 1. The molecule has 1 N–H and O–H groups in total. The smallest absolute Gasteiger partial charge is 0.295 e. The molecule has 0 bridgehead atoms. The van der Waals surface area contributed by atoms with E-state index in [9.17, 15) is 14.7 Å². The summed E-state index contributed by atoms with van der Waals surface area (Å²) < 4.78 is 5.29. The third-order valence-corrected chi connectivity index (χ3v) is 5.88. The van der Waals surface area contributed by atoms with Crippen LogP contribution < -0.4 is 4.74 Å². The number of methoxy groups -OCH3 is 1. The highest BCUT2D eigenvalue weighted by atomic mass is 16.5. The van der Waals surface area contributed by atoms with E-state index in [0.29, 0.717) is 24.4 Å². The summed E-state index contributed by atoms with van der Waals surface area (Å²) in [6.07, 6.45) is 0. The predicted octanol–water partition coefficient (Wildman–Crippen LogP) is 3.77. The lowest BCUT2D eigenvalue weighted by molar-refractivity contribution is -0.140. The molecule has 6 nitrogen and oxygen atoms in total. The first-order valence-electron chi connectivity index (χ1n) is 10.6. The maximum absolute atomic E-state index is 13.1. The van der Waals surface area contributed by atoms with Crippen LogP contribution in [0.3, 0.4) is 0 Å². The molecule has 164 valence electrons. The Morgan fingerprint density at radius 3 is 2.35 bits per heavy atom. The third kappa shape index (κ3) is 4.49. The molecule has 1 aliphatic rings. The van der Waals surface area contributed by atoms with Crippen molar-refractivity contribution in [1.29, 1.82) is 0 Å². The average Bonchev–Trinajstić information content (AvgIpc) is 3.04. The van der Waals surface area contributed by atoms with Gasteiger partial charge in [-0.3, -0.25) is 9.59 Å². The van der Waals surface area contributed by atoms with Crippen LogP contribution in [0.4, 0.5) is 0 Å². The number of ether oxygens (including phenoxy) is 1. The summed E-state index contributed by atoms with van der Waals surface area (Å²) in [5.41, 5.74) is 2.24. The Kier molecular flexibility index (Phi) is 7.13. The minimum atomic E-state index is -0.653. The van der Waals surface area contributed by atoms with Gasteiger partial charge in [0.15, 0.2) is 0 Å². The van der Waals surface area contributed by atoms with Gasteiger partial charge in [-0.15, -0.1) is 0 Å². The number of carbonyl (C=O) groups is 2. The van der Waals surface area contributed by atoms with Gasteiger partial charge in [0, 0.05) is 18.7 Å². The average molecular weight is 423 g/mol. The van der Waals surface area contributed by atoms with Crippen LogP contribution >= 0.6 is 0 Å². The number of carbonyl (C=O) groups excluding carboxylic acids is 2. The summed E-state index contributed by atoms with van der Waals surface area (Å²) in [7, 11) is 1.58. The van der Waals surface area contributed by atoms with Crippen LogP contribution in [0.5, 0.6) is 5.75 Å². The van der Waals surface area contributed by atoms with Crippen LogP contribution in [0.1, 0.15) is 36.6 Å². The summed E-state index contributed by atoms with van der Waals surface area (Å²) in [5, 5.41) is 11.1. The maximum Gasteiger partial charge on any atom is 0.295 e. The number of Topliss-reactive ketones (excluding diaryl/α,β-unsaturated/α-hetero) is 1. The van der Waals surface area contributed by atoms with Gasteiger partial charge in [-0.05, 0) is 49.3 Å². The van der Waals surface area contributed by atoms with Crippen LogP contribution in [0.25, 0.3) is 5.76 Å². The number of benzene rings is 2. The fourth-order valence-electron chi connectivity index (χ4n) is 4.06. The number of aliphatic hydroxyl groups is 1. The Hall–Kier alpha value is -3.12. The summed E-state index contributed by atoms with van der Waals surface area (Å²) in [4.78, 5) is 29.8. The number of rotatable bonds is 8. The van der Waals surface area contributed by atoms with Crippen molar-refractivity contribution in [2.45, 2.75) is 26.8 Å². The molecule has 6 heteroatoms. The Labute approximate surface area is 183 Å². The molecular formula is C25H30N2O4. The zero-order chi connectivity index (χ0) is 22.5. The van der Waals surface area contributed by atoms with Crippen LogP contribution in [0, 0.1) is 6.92 Å². The van der Waals surface area contributed by atoms with E-state index in [2.05, 4.69) is 18.7 Å². The molecule has 3 rings (SSSR count). The van der Waals surface area contributed by atoms with Crippen molar-refractivity contribution in [3.8, 4) is 5.75 Å². The van der Waals surface area contributed by atoms with Gasteiger partial charge in [0.25, 0.3) is 11.7 Å². The van der Waals surface area contributed by atoms with Crippen LogP contribution in [0.2, 0.25) is 0 Å². The highest BCUT2D eigenvalue weighted by Gasteiger charge is 2.45. The molecule has 1 fully saturated rings. The third-order valence-electron chi connectivity index (χ3n) is 5.88. The predicted molar refractivity (Wildman–Crippen MR) is 121 cm³/mol. The van der Waals surface area contributed by atoms with E-state index in [1.54, 1.807) is 30.2 Å². The molecule has 31 heavy (non-hydrogen) atoms. The largest absolute Gasteiger partial charge is 0.507 e. The summed E-state index contributed by atoms with van der Waals surface area (Å²) in [6, 6.07) is 14.0. The first-order chi connectivity index (χ1) is 14.9. The number of amides is 1. The fourth-order valence-corrected chi connectivity index (χ4v) is 4.06. The molecule has 0 radical (unpaired) electrons.